The van der Waals surface area contributed by atoms with Crippen LogP contribution in [0.3, 0.4) is 0 Å². The summed E-state index contributed by atoms with van der Waals surface area (Å²) < 4.78 is 16.0. The maximum Gasteiger partial charge on any atom is 0.341 e. The van der Waals surface area contributed by atoms with E-state index in [4.69, 9.17) is 13.9 Å². The van der Waals surface area contributed by atoms with Crippen LogP contribution in [0.5, 0.6) is 5.75 Å². The number of carbonyl (C=O) groups excluding carboxylic acids is 2. The molecule has 2 heterocycles. The van der Waals surface area contributed by atoms with Crippen LogP contribution in [0.2, 0.25) is 0 Å². The molecule has 8 heteroatoms. The Hall–Kier alpha value is -3.91. The van der Waals surface area contributed by atoms with Crippen molar-refractivity contribution in [1.82, 2.24) is 0 Å². The monoisotopic (exact) mass is 449 g/mol. The second kappa shape index (κ2) is 9.07. The number of esters is 1. The van der Waals surface area contributed by atoms with Crippen molar-refractivity contribution in [3.8, 4) is 16.9 Å². The molecule has 0 unspecified atom stereocenters. The van der Waals surface area contributed by atoms with E-state index in [-0.39, 0.29) is 28.9 Å². The Morgan fingerprint density at radius 2 is 1.88 bits per heavy atom. The smallest absolute Gasteiger partial charge is 0.341 e. The third-order valence-corrected chi connectivity index (χ3v) is 5.64. The molecule has 0 saturated heterocycles. The SMILES string of the molecule is CCOC(=O)c1c(-c2ccccc2)csc1NC(=O)c1cc(=O)c2cc(OC)ccc2o1. The second-order valence-electron chi connectivity index (χ2n) is 6.73. The van der Waals surface area contributed by atoms with Gasteiger partial charge in [0.05, 0.1) is 19.1 Å². The fourth-order valence-electron chi connectivity index (χ4n) is 3.22. The van der Waals surface area contributed by atoms with Crippen LogP contribution < -0.4 is 15.5 Å². The topological polar surface area (TPSA) is 94.8 Å². The van der Waals surface area contributed by atoms with Crippen LogP contribution in [0.25, 0.3) is 22.1 Å². The minimum absolute atomic E-state index is 0.169. The highest BCUT2D eigenvalue weighted by Crippen LogP contribution is 2.36. The molecule has 0 bridgehead atoms. The maximum atomic E-state index is 12.9. The second-order valence-corrected chi connectivity index (χ2v) is 7.61. The molecule has 2 aromatic carbocycles. The van der Waals surface area contributed by atoms with Crippen LogP contribution in [0.15, 0.2) is 69.2 Å². The van der Waals surface area contributed by atoms with Crippen molar-refractivity contribution in [2.75, 3.05) is 19.0 Å². The van der Waals surface area contributed by atoms with Crippen molar-refractivity contribution >= 4 is 39.2 Å². The van der Waals surface area contributed by atoms with Crippen molar-refractivity contribution in [3.63, 3.8) is 0 Å². The third kappa shape index (κ3) is 4.13. The zero-order valence-corrected chi connectivity index (χ0v) is 18.2. The van der Waals surface area contributed by atoms with Gasteiger partial charge in [0, 0.05) is 17.0 Å². The van der Waals surface area contributed by atoms with Gasteiger partial charge in [-0.1, -0.05) is 30.3 Å². The van der Waals surface area contributed by atoms with Crippen LogP contribution in [0, 0.1) is 0 Å². The summed E-state index contributed by atoms with van der Waals surface area (Å²) in [7, 11) is 1.50. The summed E-state index contributed by atoms with van der Waals surface area (Å²) in [4.78, 5) is 38.1. The Morgan fingerprint density at radius 1 is 1.09 bits per heavy atom. The van der Waals surface area contributed by atoms with Gasteiger partial charge in [0.2, 0.25) is 0 Å². The van der Waals surface area contributed by atoms with Gasteiger partial charge in [-0.3, -0.25) is 9.59 Å². The lowest BCUT2D eigenvalue weighted by atomic mass is 10.0. The van der Waals surface area contributed by atoms with Gasteiger partial charge in [-0.25, -0.2) is 4.79 Å². The van der Waals surface area contributed by atoms with E-state index >= 15 is 0 Å². The van der Waals surface area contributed by atoms with E-state index in [2.05, 4.69) is 5.32 Å². The van der Waals surface area contributed by atoms with Gasteiger partial charge in [0.25, 0.3) is 5.91 Å². The zero-order chi connectivity index (χ0) is 22.7. The van der Waals surface area contributed by atoms with Gasteiger partial charge in [-0.15, -0.1) is 11.3 Å². The first-order valence-electron chi connectivity index (χ1n) is 9.79. The molecule has 0 radical (unpaired) electrons. The third-order valence-electron chi connectivity index (χ3n) is 4.74. The van der Waals surface area contributed by atoms with E-state index in [9.17, 15) is 14.4 Å². The summed E-state index contributed by atoms with van der Waals surface area (Å²) in [6.45, 7) is 1.91. The Labute approximate surface area is 187 Å². The lowest BCUT2D eigenvalue weighted by Gasteiger charge is -2.09. The van der Waals surface area contributed by atoms with E-state index in [1.54, 1.807) is 30.5 Å². The maximum absolute atomic E-state index is 12.9. The number of rotatable bonds is 6. The molecule has 0 aliphatic carbocycles. The number of carbonyl (C=O) groups is 2. The first kappa shape index (κ1) is 21.3. The lowest BCUT2D eigenvalue weighted by Crippen LogP contribution is -2.16. The molecule has 0 spiro atoms. The highest BCUT2D eigenvalue weighted by atomic mass is 32.1. The molecule has 7 nitrogen and oxygen atoms in total. The first-order valence-corrected chi connectivity index (χ1v) is 10.7. The van der Waals surface area contributed by atoms with Crippen LogP contribution in [0.4, 0.5) is 5.00 Å². The molecule has 1 amide bonds. The molecule has 0 aliphatic rings. The lowest BCUT2D eigenvalue weighted by molar-refractivity contribution is 0.0529. The Kier molecular flexibility index (Phi) is 6.04. The van der Waals surface area contributed by atoms with Crippen molar-refractivity contribution in [1.29, 1.82) is 0 Å². The Balaban J connectivity index is 1.71. The number of hydrogen-bond acceptors (Lipinski definition) is 7. The van der Waals surface area contributed by atoms with Gasteiger partial charge >= 0.3 is 5.97 Å². The van der Waals surface area contributed by atoms with Crippen molar-refractivity contribution in [3.05, 3.63) is 81.5 Å². The molecule has 1 N–H and O–H groups in total. The molecule has 4 rings (SSSR count). The van der Waals surface area contributed by atoms with Crippen LogP contribution >= 0.6 is 11.3 Å². The molecule has 32 heavy (non-hydrogen) atoms. The fraction of sp³-hybridized carbons (Fsp3) is 0.125. The van der Waals surface area contributed by atoms with Crippen molar-refractivity contribution in [2.45, 2.75) is 6.92 Å². The number of anilines is 1. The van der Waals surface area contributed by atoms with Crippen LogP contribution in [-0.4, -0.2) is 25.6 Å². The summed E-state index contributed by atoms with van der Waals surface area (Å²) in [5.74, 6) is -0.855. The van der Waals surface area contributed by atoms with E-state index in [1.165, 1.54) is 18.4 Å². The number of amides is 1. The van der Waals surface area contributed by atoms with Gasteiger partial charge < -0.3 is 19.2 Å². The van der Waals surface area contributed by atoms with E-state index in [0.717, 1.165) is 11.6 Å². The number of methoxy groups -OCH3 is 1. The zero-order valence-electron chi connectivity index (χ0n) is 17.3. The molecule has 2 aromatic heterocycles. The van der Waals surface area contributed by atoms with Crippen molar-refractivity contribution in [2.24, 2.45) is 0 Å². The number of fused-ring (bicyclic) bond motifs is 1. The van der Waals surface area contributed by atoms with Gasteiger partial charge in [0.1, 0.15) is 21.9 Å². The van der Waals surface area contributed by atoms with Gasteiger partial charge in [0.15, 0.2) is 11.2 Å². The summed E-state index contributed by atoms with van der Waals surface area (Å²) >= 11 is 1.19. The predicted molar refractivity (Wildman–Crippen MR) is 123 cm³/mol. The van der Waals surface area contributed by atoms with E-state index in [1.807, 2.05) is 30.3 Å². The standard InChI is InChI=1S/C24H19NO6S/c1-3-30-24(28)21-17(14-7-5-4-6-8-14)13-32-23(21)25-22(27)20-12-18(26)16-11-15(29-2)9-10-19(16)31-20/h4-13H,3H2,1-2H3,(H,25,27). The average Bonchev–Trinajstić information content (AvgIpc) is 3.23. The van der Waals surface area contributed by atoms with Crippen LogP contribution in [0.1, 0.15) is 27.8 Å². The minimum atomic E-state index is -0.646. The molecule has 4 aromatic rings. The number of hydrogen-bond donors (Lipinski definition) is 1. The number of thiophene rings is 1. The number of ether oxygens (including phenoxy) is 2. The highest BCUT2D eigenvalue weighted by Gasteiger charge is 2.24. The Morgan fingerprint density at radius 3 is 2.59 bits per heavy atom. The normalized spacial score (nSPS) is 10.7. The summed E-state index contributed by atoms with van der Waals surface area (Å²) in [5, 5.41) is 5.08. The Bertz CT molecular complexity index is 1360. The highest BCUT2D eigenvalue weighted by molar-refractivity contribution is 7.15. The number of nitrogens with one attached hydrogen (secondary N) is 1. The molecule has 0 saturated carbocycles. The van der Waals surface area contributed by atoms with Gasteiger partial charge in [-0.05, 0) is 30.7 Å². The molecular weight excluding hydrogens is 430 g/mol. The van der Waals surface area contributed by atoms with Crippen LogP contribution in [-0.2, 0) is 4.74 Å². The summed E-state index contributed by atoms with van der Waals surface area (Å²) in [5.41, 5.74) is 1.60. The molecule has 0 aliphatic heterocycles. The summed E-state index contributed by atoms with van der Waals surface area (Å²) in [6, 6.07) is 15.2. The quantitative estimate of drug-likeness (QED) is 0.418. The van der Waals surface area contributed by atoms with Crippen molar-refractivity contribution < 1.29 is 23.5 Å². The molecule has 162 valence electrons. The molecule has 0 atom stereocenters. The minimum Gasteiger partial charge on any atom is -0.497 e. The van der Waals surface area contributed by atoms with E-state index in [0.29, 0.717) is 21.7 Å². The first-order chi connectivity index (χ1) is 15.5. The largest absolute Gasteiger partial charge is 0.497 e. The fourth-order valence-corrected chi connectivity index (χ4v) is 4.18. The molecule has 0 fully saturated rings. The predicted octanol–water partition coefficient (Wildman–Crippen LogP) is 4.96. The summed E-state index contributed by atoms with van der Waals surface area (Å²) in [6.07, 6.45) is 0. The average molecular weight is 449 g/mol. The number of benzene rings is 2. The van der Waals surface area contributed by atoms with E-state index < -0.39 is 11.9 Å². The van der Waals surface area contributed by atoms with Gasteiger partial charge in [-0.2, -0.15) is 0 Å². The molecular formula is C24H19NO6S.